The van der Waals surface area contributed by atoms with Gasteiger partial charge in [-0.2, -0.15) is 0 Å². The Morgan fingerprint density at radius 1 is 1.21 bits per heavy atom. The number of hydrogen-bond acceptors (Lipinski definition) is 5. The minimum absolute atomic E-state index is 0.0230. The molecule has 8 nitrogen and oxygen atoms in total. The first kappa shape index (κ1) is 19.9. The third-order valence-electron chi connectivity index (χ3n) is 4.19. The van der Waals surface area contributed by atoms with E-state index < -0.39 is 24.4 Å². The van der Waals surface area contributed by atoms with Crippen LogP contribution in [0.1, 0.15) is 18.1 Å². The number of carbonyl (C=O) groups is 3. The van der Waals surface area contributed by atoms with Crippen LogP contribution in [0.5, 0.6) is 11.5 Å². The molecule has 150 valence electrons. The second-order valence-corrected chi connectivity index (χ2v) is 6.45. The van der Waals surface area contributed by atoms with Gasteiger partial charge in [0.1, 0.15) is 12.2 Å². The molecule has 8 heteroatoms. The van der Waals surface area contributed by atoms with Gasteiger partial charge in [-0.15, -0.1) is 0 Å². The molecule has 0 aromatic heterocycles. The fraction of sp³-hybridized carbons (Fsp3) is 0.190. The van der Waals surface area contributed by atoms with Crippen molar-refractivity contribution in [2.45, 2.75) is 13.8 Å². The Labute approximate surface area is 167 Å². The zero-order valence-electron chi connectivity index (χ0n) is 16.1. The Morgan fingerprint density at radius 3 is 2.62 bits per heavy atom. The number of carbonyl (C=O) groups excluding carboxylic acids is 3. The quantitative estimate of drug-likeness (QED) is 0.515. The number of nitrogens with one attached hydrogen (secondary N) is 2. The highest BCUT2D eigenvalue weighted by atomic mass is 16.5. The number of nitrogens with zero attached hydrogens (tertiary/aromatic N) is 1. The summed E-state index contributed by atoms with van der Waals surface area (Å²) in [5.41, 5.74) is 2.22. The molecule has 0 saturated carbocycles. The molecule has 1 fully saturated rings. The molecule has 1 heterocycles. The highest BCUT2D eigenvalue weighted by Gasteiger charge is 2.34. The van der Waals surface area contributed by atoms with Crippen molar-refractivity contribution in [1.82, 2.24) is 10.2 Å². The summed E-state index contributed by atoms with van der Waals surface area (Å²) in [6.07, 6.45) is 1.46. The van der Waals surface area contributed by atoms with E-state index in [0.29, 0.717) is 17.9 Å². The molecule has 1 aliphatic rings. The summed E-state index contributed by atoms with van der Waals surface area (Å²) in [5, 5.41) is 14.9. The van der Waals surface area contributed by atoms with Crippen molar-refractivity contribution in [3.63, 3.8) is 0 Å². The third-order valence-corrected chi connectivity index (χ3v) is 4.19. The lowest BCUT2D eigenvalue weighted by atomic mass is 10.1. The van der Waals surface area contributed by atoms with Crippen molar-refractivity contribution in [3.8, 4) is 11.5 Å². The van der Waals surface area contributed by atoms with Gasteiger partial charge in [0.05, 0.1) is 6.61 Å². The van der Waals surface area contributed by atoms with Crippen LogP contribution in [0.4, 0.5) is 10.5 Å². The predicted octanol–water partition coefficient (Wildman–Crippen LogP) is 2.63. The van der Waals surface area contributed by atoms with E-state index in [4.69, 9.17) is 4.74 Å². The van der Waals surface area contributed by atoms with Crippen LogP contribution in [0.2, 0.25) is 0 Å². The van der Waals surface area contributed by atoms with Crippen LogP contribution in [-0.2, 0) is 9.59 Å². The molecule has 3 rings (SSSR count). The Bertz CT molecular complexity index is 982. The molecule has 0 bridgehead atoms. The summed E-state index contributed by atoms with van der Waals surface area (Å²) in [5.74, 6) is -0.847. The molecule has 0 atom stereocenters. The summed E-state index contributed by atoms with van der Waals surface area (Å²) < 4.78 is 5.31. The zero-order valence-corrected chi connectivity index (χ0v) is 16.1. The van der Waals surface area contributed by atoms with E-state index in [-0.39, 0.29) is 17.2 Å². The molecule has 0 spiro atoms. The van der Waals surface area contributed by atoms with Crippen LogP contribution in [-0.4, -0.2) is 41.0 Å². The number of ether oxygens (including phenoxy) is 1. The van der Waals surface area contributed by atoms with Crippen LogP contribution in [0, 0.1) is 6.92 Å². The monoisotopic (exact) mass is 395 g/mol. The van der Waals surface area contributed by atoms with Crippen LogP contribution in [0.25, 0.3) is 6.08 Å². The van der Waals surface area contributed by atoms with Crippen LogP contribution >= 0.6 is 0 Å². The molecule has 0 aliphatic carbocycles. The van der Waals surface area contributed by atoms with Crippen molar-refractivity contribution in [3.05, 3.63) is 59.3 Å². The first-order valence-corrected chi connectivity index (χ1v) is 9.04. The lowest BCUT2D eigenvalue weighted by Crippen LogP contribution is -2.38. The van der Waals surface area contributed by atoms with Crippen molar-refractivity contribution in [2.75, 3.05) is 18.5 Å². The number of phenols is 1. The van der Waals surface area contributed by atoms with Crippen LogP contribution < -0.4 is 15.4 Å². The minimum atomic E-state index is -0.677. The summed E-state index contributed by atoms with van der Waals surface area (Å²) in [6, 6.07) is 11.1. The number of anilines is 1. The first-order chi connectivity index (χ1) is 13.9. The number of imide groups is 1. The smallest absolute Gasteiger partial charge is 0.329 e. The van der Waals surface area contributed by atoms with Gasteiger partial charge in [-0.3, -0.25) is 9.59 Å². The van der Waals surface area contributed by atoms with E-state index in [2.05, 4.69) is 10.6 Å². The number of aromatic hydroxyl groups is 1. The van der Waals surface area contributed by atoms with Crippen molar-refractivity contribution < 1.29 is 24.2 Å². The number of amides is 4. The molecular formula is C21H21N3O5. The van der Waals surface area contributed by atoms with E-state index in [0.717, 1.165) is 10.5 Å². The van der Waals surface area contributed by atoms with Gasteiger partial charge in [-0.25, -0.2) is 9.69 Å². The maximum atomic E-state index is 12.5. The zero-order chi connectivity index (χ0) is 21.0. The highest BCUT2D eigenvalue weighted by Crippen LogP contribution is 2.28. The van der Waals surface area contributed by atoms with E-state index in [9.17, 15) is 19.5 Å². The predicted molar refractivity (Wildman–Crippen MR) is 107 cm³/mol. The Kier molecular flexibility index (Phi) is 5.82. The second kappa shape index (κ2) is 8.47. The lowest BCUT2D eigenvalue weighted by molar-refractivity contribution is -0.127. The van der Waals surface area contributed by atoms with E-state index in [1.165, 1.54) is 12.1 Å². The van der Waals surface area contributed by atoms with Gasteiger partial charge in [-0.05, 0) is 49.8 Å². The van der Waals surface area contributed by atoms with Gasteiger partial charge in [0.15, 0.2) is 11.5 Å². The first-order valence-electron chi connectivity index (χ1n) is 9.04. The third kappa shape index (κ3) is 4.73. The second-order valence-electron chi connectivity index (χ2n) is 6.45. The van der Waals surface area contributed by atoms with Crippen molar-refractivity contribution >= 4 is 29.6 Å². The highest BCUT2D eigenvalue weighted by molar-refractivity contribution is 6.15. The molecule has 0 unspecified atom stereocenters. The maximum Gasteiger partial charge on any atom is 0.329 e. The van der Waals surface area contributed by atoms with E-state index in [1.54, 1.807) is 31.2 Å². The molecule has 0 radical (unpaired) electrons. The fourth-order valence-electron chi connectivity index (χ4n) is 2.75. The lowest BCUT2D eigenvalue weighted by Gasteiger charge is -2.12. The number of benzene rings is 2. The SMILES string of the molecule is CCOc1cc(/C=C2\NC(=O)N(CC(=O)Nc3ccc(C)cc3)C2=O)ccc1O. The van der Waals surface area contributed by atoms with Gasteiger partial charge in [0, 0.05) is 5.69 Å². The summed E-state index contributed by atoms with van der Waals surface area (Å²) in [4.78, 5) is 37.7. The standard InChI is InChI=1S/C21H21N3O5/c1-3-29-18-11-14(6-9-17(18)25)10-16-20(27)24(21(28)23-16)12-19(26)22-15-7-4-13(2)5-8-15/h4-11,25H,3,12H2,1-2H3,(H,22,26)(H,23,28)/b16-10-. The number of rotatable bonds is 6. The molecular weight excluding hydrogens is 374 g/mol. The van der Waals surface area contributed by atoms with Gasteiger partial charge in [0.25, 0.3) is 5.91 Å². The minimum Gasteiger partial charge on any atom is -0.504 e. The summed E-state index contributed by atoms with van der Waals surface area (Å²) in [7, 11) is 0. The number of aryl methyl sites for hydroxylation is 1. The normalized spacial score (nSPS) is 14.8. The number of urea groups is 1. The number of hydrogen-bond donors (Lipinski definition) is 3. The van der Waals surface area contributed by atoms with Gasteiger partial charge >= 0.3 is 6.03 Å². The molecule has 4 amide bonds. The van der Waals surface area contributed by atoms with Gasteiger partial charge in [-0.1, -0.05) is 23.8 Å². The topological polar surface area (TPSA) is 108 Å². The summed E-state index contributed by atoms with van der Waals surface area (Å²) in [6.45, 7) is 3.67. The van der Waals surface area contributed by atoms with Crippen molar-refractivity contribution in [2.24, 2.45) is 0 Å². The largest absolute Gasteiger partial charge is 0.504 e. The van der Waals surface area contributed by atoms with Crippen molar-refractivity contribution in [1.29, 1.82) is 0 Å². The number of phenolic OH excluding ortho intramolecular Hbond substituents is 1. The molecule has 2 aromatic carbocycles. The molecule has 2 aromatic rings. The molecule has 1 aliphatic heterocycles. The van der Waals surface area contributed by atoms with E-state index in [1.807, 2.05) is 19.1 Å². The molecule has 3 N–H and O–H groups in total. The van der Waals surface area contributed by atoms with E-state index >= 15 is 0 Å². The average Bonchev–Trinajstić information content (AvgIpc) is 2.94. The maximum absolute atomic E-state index is 12.5. The Balaban J connectivity index is 1.70. The van der Waals surface area contributed by atoms with Gasteiger partial charge in [0.2, 0.25) is 5.91 Å². The van der Waals surface area contributed by atoms with Gasteiger partial charge < -0.3 is 20.5 Å². The average molecular weight is 395 g/mol. The Morgan fingerprint density at radius 2 is 1.93 bits per heavy atom. The molecule has 1 saturated heterocycles. The fourth-order valence-corrected chi connectivity index (χ4v) is 2.75. The summed E-state index contributed by atoms with van der Waals surface area (Å²) >= 11 is 0. The van der Waals surface area contributed by atoms with Crippen LogP contribution in [0.3, 0.4) is 0 Å². The Hall–Kier alpha value is -3.81. The van der Waals surface area contributed by atoms with Crippen LogP contribution in [0.15, 0.2) is 48.2 Å². The molecule has 29 heavy (non-hydrogen) atoms.